The highest BCUT2D eigenvalue weighted by molar-refractivity contribution is 7.09. The standard InChI is InChI=1S/C15H17NOS/c16-12-3-4-14-11(10-12)5-7-15(14,17)8-6-13-2-1-9-18-13/h1-4,9-10,17H,5-8,16H2. The Hall–Kier alpha value is -1.32. The van der Waals surface area contributed by atoms with Gasteiger partial charge in [-0.05, 0) is 60.4 Å². The van der Waals surface area contributed by atoms with E-state index in [2.05, 4.69) is 17.5 Å². The van der Waals surface area contributed by atoms with Crippen LogP contribution >= 0.6 is 11.3 Å². The summed E-state index contributed by atoms with van der Waals surface area (Å²) in [5.74, 6) is 0. The molecule has 18 heavy (non-hydrogen) atoms. The third-order valence-corrected chi connectivity index (χ3v) is 4.74. The molecule has 1 heterocycles. The molecule has 1 unspecified atom stereocenters. The molecule has 2 aromatic rings. The first-order chi connectivity index (χ1) is 8.67. The van der Waals surface area contributed by atoms with E-state index in [0.29, 0.717) is 0 Å². The summed E-state index contributed by atoms with van der Waals surface area (Å²) in [6, 6.07) is 10.1. The molecule has 0 amide bonds. The predicted octanol–water partition coefficient (Wildman–Crippen LogP) is 3.10. The highest BCUT2D eigenvalue weighted by Gasteiger charge is 2.36. The van der Waals surface area contributed by atoms with Crippen molar-refractivity contribution >= 4 is 17.0 Å². The van der Waals surface area contributed by atoms with E-state index >= 15 is 0 Å². The largest absolute Gasteiger partial charge is 0.399 e. The molecule has 0 saturated carbocycles. The Labute approximate surface area is 111 Å². The predicted molar refractivity (Wildman–Crippen MR) is 75.7 cm³/mol. The monoisotopic (exact) mass is 259 g/mol. The van der Waals surface area contributed by atoms with E-state index in [0.717, 1.165) is 36.9 Å². The fourth-order valence-electron chi connectivity index (χ4n) is 2.80. The van der Waals surface area contributed by atoms with Crippen LogP contribution in [0.25, 0.3) is 0 Å². The van der Waals surface area contributed by atoms with E-state index in [-0.39, 0.29) is 0 Å². The number of rotatable bonds is 3. The third-order valence-electron chi connectivity index (χ3n) is 3.80. The molecule has 3 rings (SSSR count). The highest BCUT2D eigenvalue weighted by Crippen LogP contribution is 2.41. The smallest absolute Gasteiger partial charge is 0.0905 e. The first kappa shape index (κ1) is 11.8. The van der Waals surface area contributed by atoms with Crippen LogP contribution in [0.4, 0.5) is 5.69 Å². The number of hydrogen-bond donors (Lipinski definition) is 2. The van der Waals surface area contributed by atoms with Gasteiger partial charge in [-0.3, -0.25) is 0 Å². The number of anilines is 1. The first-order valence-corrected chi connectivity index (χ1v) is 7.19. The molecule has 1 aromatic heterocycles. The number of hydrogen-bond acceptors (Lipinski definition) is 3. The van der Waals surface area contributed by atoms with Gasteiger partial charge in [0, 0.05) is 10.6 Å². The molecule has 1 atom stereocenters. The van der Waals surface area contributed by atoms with Gasteiger partial charge in [-0.2, -0.15) is 0 Å². The fraction of sp³-hybridized carbons (Fsp3) is 0.333. The SMILES string of the molecule is Nc1ccc2c(c1)CCC2(O)CCc1cccs1. The summed E-state index contributed by atoms with van der Waals surface area (Å²) in [6.07, 6.45) is 3.49. The van der Waals surface area contributed by atoms with Gasteiger partial charge in [-0.25, -0.2) is 0 Å². The van der Waals surface area contributed by atoms with Gasteiger partial charge in [0.2, 0.25) is 0 Å². The molecule has 3 N–H and O–H groups in total. The van der Waals surface area contributed by atoms with Gasteiger partial charge in [-0.15, -0.1) is 11.3 Å². The van der Waals surface area contributed by atoms with E-state index in [1.807, 2.05) is 18.2 Å². The average Bonchev–Trinajstić information content (AvgIpc) is 2.96. The molecule has 1 aromatic carbocycles. The van der Waals surface area contributed by atoms with Crippen LogP contribution in [-0.2, 0) is 18.4 Å². The molecule has 2 nitrogen and oxygen atoms in total. The summed E-state index contributed by atoms with van der Waals surface area (Å²) >= 11 is 1.76. The van der Waals surface area contributed by atoms with Crippen molar-refractivity contribution in [3.8, 4) is 0 Å². The Kier molecular flexibility index (Phi) is 2.88. The second-order valence-electron chi connectivity index (χ2n) is 5.03. The quantitative estimate of drug-likeness (QED) is 0.832. The molecule has 3 heteroatoms. The number of fused-ring (bicyclic) bond motifs is 1. The highest BCUT2D eigenvalue weighted by atomic mass is 32.1. The van der Waals surface area contributed by atoms with Crippen molar-refractivity contribution in [1.29, 1.82) is 0 Å². The summed E-state index contributed by atoms with van der Waals surface area (Å²) in [5.41, 5.74) is 8.21. The molecule has 0 fully saturated rings. The molecule has 0 aliphatic heterocycles. The van der Waals surface area contributed by atoms with Crippen LogP contribution in [0.1, 0.15) is 28.8 Å². The van der Waals surface area contributed by atoms with Crippen molar-refractivity contribution < 1.29 is 5.11 Å². The molecule has 0 saturated heterocycles. The summed E-state index contributed by atoms with van der Waals surface area (Å²) < 4.78 is 0. The van der Waals surface area contributed by atoms with Crippen LogP contribution in [0.2, 0.25) is 0 Å². The molecule has 0 radical (unpaired) electrons. The van der Waals surface area contributed by atoms with Crippen molar-refractivity contribution in [2.24, 2.45) is 0 Å². The first-order valence-electron chi connectivity index (χ1n) is 6.31. The van der Waals surface area contributed by atoms with Crippen molar-refractivity contribution in [2.45, 2.75) is 31.3 Å². The molecule has 1 aliphatic carbocycles. The minimum atomic E-state index is -0.660. The molecule has 0 spiro atoms. The maximum Gasteiger partial charge on any atom is 0.0905 e. The second kappa shape index (κ2) is 4.41. The molecule has 1 aliphatic rings. The number of nitrogens with two attached hydrogens (primary N) is 1. The van der Waals surface area contributed by atoms with Gasteiger partial charge in [-0.1, -0.05) is 12.1 Å². The van der Waals surface area contributed by atoms with Crippen LogP contribution in [-0.4, -0.2) is 5.11 Å². The van der Waals surface area contributed by atoms with Crippen LogP contribution in [0, 0.1) is 0 Å². The van der Waals surface area contributed by atoms with Crippen LogP contribution in [0.5, 0.6) is 0 Å². The van der Waals surface area contributed by atoms with Crippen LogP contribution in [0.15, 0.2) is 35.7 Å². The number of thiophene rings is 1. The zero-order valence-electron chi connectivity index (χ0n) is 10.2. The Morgan fingerprint density at radius 2 is 2.22 bits per heavy atom. The fourth-order valence-corrected chi connectivity index (χ4v) is 3.50. The summed E-state index contributed by atoms with van der Waals surface area (Å²) in [4.78, 5) is 1.34. The van der Waals surface area contributed by atoms with Gasteiger partial charge >= 0.3 is 0 Å². The minimum absolute atomic E-state index is 0.660. The maximum atomic E-state index is 10.8. The second-order valence-corrected chi connectivity index (χ2v) is 6.06. The van der Waals surface area contributed by atoms with Gasteiger partial charge in [0.05, 0.1) is 5.60 Å². The van der Waals surface area contributed by atoms with E-state index in [1.165, 1.54) is 10.4 Å². The van der Waals surface area contributed by atoms with E-state index in [1.54, 1.807) is 11.3 Å². The van der Waals surface area contributed by atoms with E-state index < -0.39 is 5.60 Å². The Balaban J connectivity index is 1.81. The normalized spacial score (nSPS) is 22.1. The Morgan fingerprint density at radius 1 is 1.33 bits per heavy atom. The van der Waals surface area contributed by atoms with Gasteiger partial charge in [0.1, 0.15) is 0 Å². The van der Waals surface area contributed by atoms with Crippen LogP contribution in [0.3, 0.4) is 0 Å². The number of nitrogen functional groups attached to an aromatic ring is 1. The minimum Gasteiger partial charge on any atom is -0.399 e. The van der Waals surface area contributed by atoms with Crippen molar-refractivity contribution in [3.63, 3.8) is 0 Å². The maximum absolute atomic E-state index is 10.8. The lowest BCUT2D eigenvalue weighted by Crippen LogP contribution is -2.22. The molecular formula is C15H17NOS. The lowest BCUT2D eigenvalue weighted by atomic mass is 9.90. The van der Waals surface area contributed by atoms with Crippen molar-refractivity contribution in [3.05, 3.63) is 51.7 Å². The zero-order valence-corrected chi connectivity index (χ0v) is 11.0. The molecular weight excluding hydrogens is 242 g/mol. The van der Waals surface area contributed by atoms with Gasteiger partial charge in [0.25, 0.3) is 0 Å². The summed E-state index contributed by atoms with van der Waals surface area (Å²) in [7, 11) is 0. The lowest BCUT2D eigenvalue weighted by Gasteiger charge is -2.23. The summed E-state index contributed by atoms with van der Waals surface area (Å²) in [5, 5.41) is 12.9. The Bertz CT molecular complexity index is 550. The van der Waals surface area contributed by atoms with Gasteiger partial charge < -0.3 is 10.8 Å². The average molecular weight is 259 g/mol. The van der Waals surface area contributed by atoms with Crippen molar-refractivity contribution in [1.82, 2.24) is 0 Å². The van der Waals surface area contributed by atoms with E-state index in [9.17, 15) is 5.11 Å². The van der Waals surface area contributed by atoms with Crippen LogP contribution < -0.4 is 5.73 Å². The van der Waals surface area contributed by atoms with Gasteiger partial charge in [0.15, 0.2) is 0 Å². The number of benzene rings is 1. The number of aliphatic hydroxyl groups is 1. The molecule has 0 bridgehead atoms. The van der Waals surface area contributed by atoms with Crippen molar-refractivity contribution in [2.75, 3.05) is 5.73 Å². The third kappa shape index (κ3) is 2.04. The Morgan fingerprint density at radius 3 is 3.00 bits per heavy atom. The summed E-state index contributed by atoms with van der Waals surface area (Å²) in [6.45, 7) is 0. The number of aryl methyl sites for hydroxylation is 2. The zero-order chi connectivity index (χ0) is 12.6. The van der Waals surface area contributed by atoms with E-state index in [4.69, 9.17) is 5.73 Å². The lowest BCUT2D eigenvalue weighted by molar-refractivity contribution is 0.0300. The molecule has 94 valence electrons. The topological polar surface area (TPSA) is 46.2 Å².